The maximum Gasteiger partial charge on any atom is 0.109 e. The summed E-state index contributed by atoms with van der Waals surface area (Å²) >= 11 is 4.49. The topological polar surface area (TPSA) is 29.0 Å². The van der Waals surface area contributed by atoms with E-state index in [9.17, 15) is 0 Å². The van der Waals surface area contributed by atoms with Crippen molar-refractivity contribution in [3.05, 3.63) is 214 Å². The van der Waals surface area contributed by atoms with Crippen LogP contribution in [0.1, 0.15) is 28.9 Å². The summed E-state index contributed by atoms with van der Waals surface area (Å²) in [5, 5.41) is 14.1. The Bertz CT molecular complexity index is 3120. The smallest absolute Gasteiger partial charge is 0.109 e. The normalized spacial score (nSPS) is 15.6. The van der Waals surface area contributed by atoms with Crippen molar-refractivity contribution in [2.75, 3.05) is 0 Å². The Balaban J connectivity index is 1.06. The molecule has 0 spiro atoms. The molecule has 2 unspecified atom stereocenters. The number of rotatable bonds is 6. The minimum atomic E-state index is -0.0152. The summed E-state index contributed by atoms with van der Waals surface area (Å²) in [7, 11) is 0. The minimum Gasteiger partial charge on any atom is -0.366 e. The second-order valence-corrected chi connectivity index (χ2v) is 16.8. The van der Waals surface area contributed by atoms with E-state index in [1.54, 1.807) is 0 Å². The number of hydrogen-bond acceptors (Lipinski definition) is 3. The molecule has 0 saturated carbocycles. The van der Waals surface area contributed by atoms with Crippen LogP contribution in [0.25, 0.3) is 75.6 Å². The molecule has 0 fully saturated rings. The van der Waals surface area contributed by atoms with Gasteiger partial charge in [-0.2, -0.15) is 0 Å². The molecule has 57 heavy (non-hydrogen) atoms. The van der Waals surface area contributed by atoms with Gasteiger partial charge in [0.05, 0.1) is 11.6 Å². The van der Waals surface area contributed by atoms with Gasteiger partial charge in [0, 0.05) is 41.4 Å². The summed E-state index contributed by atoms with van der Waals surface area (Å²) in [5.41, 5.74) is 12.1. The second kappa shape index (κ2) is 14.2. The maximum absolute atomic E-state index is 3.81. The zero-order chi connectivity index (χ0) is 37.9. The van der Waals surface area contributed by atoms with E-state index in [1.165, 1.54) is 90.2 Å². The molecule has 2 N–H and O–H groups in total. The predicted octanol–water partition coefficient (Wildman–Crippen LogP) is 14.1. The Labute approximate surface area is 349 Å². The van der Waals surface area contributed by atoms with Crippen LogP contribution in [-0.2, 0) is 0 Å². The van der Waals surface area contributed by atoms with Crippen LogP contribution in [0.4, 0.5) is 0 Å². The fourth-order valence-corrected chi connectivity index (χ4v) is 11.3. The number of aromatic nitrogens is 1. The van der Waals surface area contributed by atoms with E-state index in [1.807, 2.05) is 11.3 Å². The molecule has 0 radical (unpaired) electrons. The fraction of sp³-hybridized carbons (Fsp3) is 0.0385. The highest BCUT2D eigenvalue weighted by Crippen LogP contribution is 2.50. The molecule has 2 aromatic heterocycles. The van der Waals surface area contributed by atoms with Gasteiger partial charge < -0.3 is 9.88 Å². The summed E-state index contributed by atoms with van der Waals surface area (Å²) in [5.74, 6) is 0. The monoisotopic (exact) mass is 861 g/mol. The van der Waals surface area contributed by atoms with Crippen molar-refractivity contribution in [1.82, 2.24) is 15.2 Å². The molecule has 0 bridgehead atoms. The summed E-state index contributed by atoms with van der Waals surface area (Å²) in [6.45, 7) is 0. The van der Waals surface area contributed by atoms with Crippen LogP contribution in [0.3, 0.4) is 0 Å². The van der Waals surface area contributed by atoms with Crippen LogP contribution < -0.4 is 10.6 Å². The van der Waals surface area contributed by atoms with Crippen molar-refractivity contribution in [2.45, 2.75) is 12.2 Å². The lowest BCUT2D eigenvalue weighted by Crippen LogP contribution is -2.39. The molecule has 272 valence electrons. The molecule has 3 heterocycles. The zero-order valence-corrected chi connectivity index (χ0v) is 33.8. The molecule has 10 aromatic rings. The first-order chi connectivity index (χ1) is 28.2. The van der Waals surface area contributed by atoms with Crippen LogP contribution >= 0.6 is 33.9 Å². The molecule has 11 rings (SSSR count). The van der Waals surface area contributed by atoms with Crippen molar-refractivity contribution in [3.8, 4) is 27.9 Å². The van der Waals surface area contributed by atoms with E-state index in [4.69, 9.17) is 0 Å². The van der Waals surface area contributed by atoms with Gasteiger partial charge in [-0.15, -0.1) is 11.3 Å². The Morgan fingerprint density at radius 1 is 0.509 bits per heavy atom. The van der Waals surface area contributed by atoms with Crippen LogP contribution in [-0.4, -0.2) is 4.57 Å². The number of nitrogens with zero attached hydrogens (tertiary/aromatic N) is 1. The molecule has 0 amide bonds. The van der Waals surface area contributed by atoms with Crippen molar-refractivity contribution in [1.29, 1.82) is 0 Å². The van der Waals surface area contributed by atoms with Crippen molar-refractivity contribution in [3.63, 3.8) is 0 Å². The highest BCUT2D eigenvalue weighted by molar-refractivity contribution is 14.1. The van der Waals surface area contributed by atoms with Gasteiger partial charge in [0.2, 0.25) is 0 Å². The van der Waals surface area contributed by atoms with Gasteiger partial charge in [0.25, 0.3) is 0 Å². The summed E-state index contributed by atoms with van der Waals surface area (Å²) in [6.07, 6.45) is 2.30. The standard InChI is InChI=1S/C52H36IN3S/c53-49-41-24-14-13-23-40(41)47-48-42-30-29-38(31-45(42)56(39-21-11-4-12-22-39)52(48)57-50(47)46(49)36-17-7-2-8-18-36)33-25-27-35(28-26-33)44-32-43(34-15-5-1-6-16-34)54-51(55-44)37-19-9-3-10-20-37/h1-32,43,51,54-55H. The molecule has 0 saturated heterocycles. The van der Waals surface area contributed by atoms with Gasteiger partial charge in [-0.1, -0.05) is 170 Å². The van der Waals surface area contributed by atoms with Crippen molar-refractivity contribution >= 4 is 81.6 Å². The van der Waals surface area contributed by atoms with Crippen molar-refractivity contribution < 1.29 is 0 Å². The van der Waals surface area contributed by atoms with E-state index in [-0.39, 0.29) is 12.2 Å². The lowest BCUT2D eigenvalue weighted by atomic mass is 9.95. The van der Waals surface area contributed by atoms with E-state index >= 15 is 0 Å². The van der Waals surface area contributed by atoms with Crippen LogP contribution in [0.15, 0.2) is 194 Å². The fourth-order valence-electron chi connectivity index (χ4n) is 8.64. The zero-order valence-electron chi connectivity index (χ0n) is 30.9. The summed E-state index contributed by atoms with van der Waals surface area (Å²) in [4.78, 5) is 1.27. The summed E-state index contributed by atoms with van der Waals surface area (Å²) in [6, 6.07) is 68.2. The number of para-hydroxylation sites is 1. The van der Waals surface area contributed by atoms with E-state index in [2.05, 4.69) is 232 Å². The SMILES string of the molecule is Ic1c(-c2ccccc2)c2sc3c(c4ccc(-c5ccc(C6=CC(c7ccccc7)NC(c7ccccc7)N6)cc5)cc4n3-c3ccccc3)c2c2ccccc12. The molecule has 0 aliphatic carbocycles. The molecule has 3 nitrogen and oxygen atoms in total. The number of halogens is 1. The molecule has 1 aliphatic rings. The minimum absolute atomic E-state index is 0.0152. The molecule has 8 aromatic carbocycles. The van der Waals surface area contributed by atoms with Gasteiger partial charge in [-0.05, 0) is 91.0 Å². The molecule has 2 atom stereocenters. The largest absolute Gasteiger partial charge is 0.366 e. The third kappa shape index (κ3) is 5.88. The average molecular weight is 862 g/mol. The highest BCUT2D eigenvalue weighted by atomic mass is 127. The Morgan fingerprint density at radius 3 is 1.82 bits per heavy atom. The third-order valence-corrected chi connectivity index (χ3v) is 13.7. The maximum atomic E-state index is 3.81. The van der Waals surface area contributed by atoms with Crippen LogP contribution in [0.2, 0.25) is 0 Å². The first kappa shape index (κ1) is 34.3. The third-order valence-electron chi connectivity index (χ3n) is 11.4. The average Bonchev–Trinajstić information content (AvgIpc) is 3.82. The number of hydrogen-bond donors (Lipinski definition) is 2. The highest BCUT2D eigenvalue weighted by Gasteiger charge is 2.26. The number of benzene rings is 8. The van der Waals surface area contributed by atoms with Gasteiger partial charge in [0.15, 0.2) is 0 Å². The first-order valence-corrected chi connectivity index (χ1v) is 21.3. The second-order valence-electron chi connectivity index (χ2n) is 14.7. The quantitative estimate of drug-likeness (QED) is 0.163. The lowest BCUT2D eigenvalue weighted by Gasteiger charge is -2.33. The Morgan fingerprint density at radius 2 is 1.11 bits per heavy atom. The summed E-state index contributed by atoms with van der Waals surface area (Å²) < 4.78 is 5.12. The van der Waals surface area contributed by atoms with E-state index in [0.29, 0.717) is 0 Å². The van der Waals surface area contributed by atoms with E-state index < -0.39 is 0 Å². The predicted molar refractivity (Wildman–Crippen MR) is 250 cm³/mol. The van der Waals surface area contributed by atoms with Gasteiger partial charge in [0.1, 0.15) is 11.0 Å². The molecular formula is C52H36IN3S. The van der Waals surface area contributed by atoms with E-state index in [0.717, 1.165) is 5.70 Å². The number of fused-ring (bicyclic) bond motifs is 7. The van der Waals surface area contributed by atoms with Gasteiger partial charge >= 0.3 is 0 Å². The Hall–Kier alpha value is -5.99. The lowest BCUT2D eigenvalue weighted by molar-refractivity contribution is 0.442. The molecule has 1 aliphatic heterocycles. The van der Waals surface area contributed by atoms with Crippen molar-refractivity contribution in [2.24, 2.45) is 0 Å². The number of nitrogens with one attached hydrogen (secondary N) is 2. The Kier molecular flexibility index (Phi) is 8.53. The molecular weight excluding hydrogens is 826 g/mol. The van der Waals surface area contributed by atoms with Gasteiger partial charge in [-0.3, -0.25) is 5.32 Å². The van der Waals surface area contributed by atoms with Crippen LogP contribution in [0.5, 0.6) is 0 Å². The molecule has 5 heteroatoms. The van der Waals surface area contributed by atoms with Crippen LogP contribution in [0, 0.1) is 3.57 Å². The number of thiophene rings is 1. The van der Waals surface area contributed by atoms with Gasteiger partial charge in [-0.25, -0.2) is 0 Å². The first-order valence-electron chi connectivity index (χ1n) is 19.4.